The summed E-state index contributed by atoms with van der Waals surface area (Å²) in [6.07, 6.45) is 8.92. The standard InChI is InChI=1S/C11H16O2/c12-9(13)8-4-11(5-8)6-10(7-11)2-1-3-10/h8H,1-7H2,(H,12,13). The molecule has 3 fully saturated rings. The molecule has 0 aromatic carbocycles. The van der Waals surface area contributed by atoms with Gasteiger partial charge in [0.05, 0.1) is 5.92 Å². The van der Waals surface area contributed by atoms with Gasteiger partial charge in [-0.3, -0.25) is 4.79 Å². The normalized spacial score (nSPS) is 33.5. The largest absolute Gasteiger partial charge is 0.481 e. The van der Waals surface area contributed by atoms with Gasteiger partial charge in [0, 0.05) is 0 Å². The number of hydrogen-bond acceptors (Lipinski definition) is 1. The number of carbonyl (C=O) groups is 1. The van der Waals surface area contributed by atoms with E-state index in [0.717, 1.165) is 12.8 Å². The minimum atomic E-state index is -0.569. The van der Waals surface area contributed by atoms with Crippen molar-refractivity contribution in [3.05, 3.63) is 0 Å². The Morgan fingerprint density at radius 3 is 2.15 bits per heavy atom. The second-order valence-electron chi connectivity index (χ2n) is 5.65. The molecule has 0 atom stereocenters. The molecule has 13 heavy (non-hydrogen) atoms. The highest BCUT2D eigenvalue weighted by Crippen LogP contribution is 2.72. The Hall–Kier alpha value is -0.530. The van der Waals surface area contributed by atoms with Crippen LogP contribution in [0, 0.1) is 16.7 Å². The number of carboxylic acid groups (broad SMARTS) is 1. The van der Waals surface area contributed by atoms with Gasteiger partial charge in [-0.1, -0.05) is 6.42 Å². The zero-order chi connectivity index (χ0) is 9.10. The first-order chi connectivity index (χ1) is 6.13. The summed E-state index contributed by atoms with van der Waals surface area (Å²) in [6, 6.07) is 0. The third-order valence-electron chi connectivity index (χ3n) is 4.62. The zero-order valence-electron chi connectivity index (χ0n) is 7.88. The molecule has 2 nitrogen and oxygen atoms in total. The van der Waals surface area contributed by atoms with Gasteiger partial charge in [-0.25, -0.2) is 0 Å². The van der Waals surface area contributed by atoms with E-state index in [1.165, 1.54) is 32.1 Å². The minimum Gasteiger partial charge on any atom is -0.481 e. The van der Waals surface area contributed by atoms with Crippen molar-refractivity contribution in [1.29, 1.82) is 0 Å². The van der Waals surface area contributed by atoms with Gasteiger partial charge in [0.25, 0.3) is 0 Å². The zero-order valence-corrected chi connectivity index (χ0v) is 7.88. The van der Waals surface area contributed by atoms with Crippen molar-refractivity contribution in [2.75, 3.05) is 0 Å². The maximum atomic E-state index is 10.7. The van der Waals surface area contributed by atoms with Crippen molar-refractivity contribution >= 4 is 5.97 Å². The van der Waals surface area contributed by atoms with E-state index in [2.05, 4.69) is 0 Å². The molecule has 1 N–H and O–H groups in total. The van der Waals surface area contributed by atoms with Crippen LogP contribution in [0.3, 0.4) is 0 Å². The van der Waals surface area contributed by atoms with Crippen LogP contribution in [0.5, 0.6) is 0 Å². The van der Waals surface area contributed by atoms with E-state index in [0.29, 0.717) is 10.8 Å². The second kappa shape index (κ2) is 2.10. The van der Waals surface area contributed by atoms with Crippen LogP contribution in [-0.2, 0) is 4.79 Å². The maximum Gasteiger partial charge on any atom is 0.306 e. The van der Waals surface area contributed by atoms with Crippen molar-refractivity contribution < 1.29 is 9.90 Å². The topological polar surface area (TPSA) is 37.3 Å². The summed E-state index contributed by atoms with van der Waals surface area (Å²) in [5.74, 6) is -0.572. The molecule has 3 aliphatic carbocycles. The molecule has 3 aliphatic rings. The highest BCUT2D eigenvalue weighted by molar-refractivity contribution is 5.71. The molecule has 0 unspecified atom stereocenters. The van der Waals surface area contributed by atoms with E-state index in [9.17, 15) is 4.79 Å². The summed E-state index contributed by atoms with van der Waals surface area (Å²) in [5, 5.41) is 8.79. The third kappa shape index (κ3) is 0.918. The molecule has 0 aromatic heterocycles. The van der Waals surface area contributed by atoms with Gasteiger partial charge in [-0.2, -0.15) is 0 Å². The molecule has 0 aromatic rings. The monoisotopic (exact) mass is 180 g/mol. The first kappa shape index (κ1) is 7.84. The lowest BCUT2D eigenvalue weighted by atomic mass is 9.38. The fourth-order valence-electron chi connectivity index (χ4n) is 4.02. The molecule has 0 aliphatic heterocycles. The van der Waals surface area contributed by atoms with Gasteiger partial charge in [-0.05, 0) is 49.4 Å². The molecular formula is C11H16O2. The van der Waals surface area contributed by atoms with E-state index in [-0.39, 0.29) is 5.92 Å². The number of rotatable bonds is 1. The Morgan fingerprint density at radius 1 is 1.15 bits per heavy atom. The molecule has 3 saturated carbocycles. The van der Waals surface area contributed by atoms with Crippen molar-refractivity contribution in [2.24, 2.45) is 16.7 Å². The smallest absolute Gasteiger partial charge is 0.306 e. The number of aliphatic carboxylic acids is 1. The lowest BCUT2D eigenvalue weighted by Crippen LogP contribution is -2.57. The van der Waals surface area contributed by atoms with Gasteiger partial charge in [0.2, 0.25) is 0 Å². The molecule has 2 heteroatoms. The van der Waals surface area contributed by atoms with Gasteiger partial charge >= 0.3 is 5.97 Å². The van der Waals surface area contributed by atoms with Crippen molar-refractivity contribution in [1.82, 2.24) is 0 Å². The predicted octanol–water partition coefficient (Wildman–Crippen LogP) is 2.43. The van der Waals surface area contributed by atoms with Gasteiger partial charge in [-0.15, -0.1) is 0 Å². The quantitative estimate of drug-likeness (QED) is 0.673. The molecule has 0 saturated heterocycles. The Kier molecular flexibility index (Phi) is 1.27. The van der Waals surface area contributed by atoms with Crippen LogP contribution in [0.4, 0.5) is 0 Å². The summed E-state index contributed by atoms with van der Waals surface area (Å²) in [7, 11) is 0. The highest BCUT2D eigenvalue weighted by atomic mass is 16.4. The van der Waals surface area contributed by atoms with E-state index >= 15 is 0 Å². The first-order valence-electron chi connectivity index (χ1n) is 5.36. The molecule has 0 radical (unpaired) electrons. The van der Waals surface area contributed by atoms with Crippen LogP contribution in [0.2, 0.25) is 0 Å². The second-order valence-corrected chi connectivity index (χ2v) is 5.65. The summed E-state index contributed by atoms with van der Waals surface area (Å²) < 4.78 is 0. The summed E-state index contributed by atoms with van der Waals surface area (Å²) >= 11 is 0. The summed E-state index contributed by atoms with van der Waals surface area (Å²) in [6.45, 7) is 0. The lowest BCUT2D eigenvalue weighted by molar-refractivity contribution is -0.182. The Balaban J connectivity index is 1.57. The van der Waals surface area contributed by atoms with E-state index in [4.69, 9.17) is 5.11 Å². The van der Waals surface area contributed by atoms with Crippen LogP contribution in [-0.4, -0.2) is 11.1 Å². The van der Waals surface area contributed by atoms with E-state index < -0.39 is 5.97 Å². The SMILES string of the molecule is O=C(O)C1CC2(C1)CC1(CCC1)C2. The maximum absolute atomic E-state index is 10.7. The molecule has 2 spiro atoms. The highest BCUT2D eigenvalue weighted by Gasteiger charge is 2.62. The van der Waals surface area contributed by atoms with E-state index in [1.807, 2.05) is 0 Å². The molecular weight excluding hydrogens is 164 g/mol. The summed E-state index contributed by atoms with van der Waals surface area (Å²) in [5.41, 5.74) is 1.22. The lowest BCUT2D eigenvalue weighted by Gasteiger charge is -2.66. The molecule has 72 valence electrons. The number of carboxylic acids is 1. The fourth-order valence-corrected chi connectivity index (χ4v) is 4.02. The third-order valence-corrected chi connectivity index (χ3v) is 4.62. The van der Waals surface area contributed by atoms with Crippen LogP contribution in [0.15, 0.2) is 0 Å². The summed E-state index contributed by atoms with van der Waals surface area (Å²) in [4.78, 5) is 10.7. The molecule has 3 rings (SSSR count). The fraction of sp³-hybridized carbons (Fsp3) is 0.909. The van der Waals surface area contributed by atoms with Gasteiger partial charge < -0.3 is 5.11 Å². The molecule has 0 bridgehead atoms. The van der Waals surface area contributed by atoms with Crippen LogP contribution in [0.1, 0.15) is 44.9 Å². The van der Waals surface area contributed by atoms with Crippen molar-refractivity contribution in [2.45, 2.75) is 44.9 Å². The Bertz CT molecular complexity index is 249. The minimum absolute atomic E-state index is 0.00238. The van der Waals surface area contributed by atoms with Crippen LogP contribution in [0.25, 0.3) is 0 Å². The van der Waals surface area contributed by atoms with E-state index in [1.54, 1.807) is 0 Å². The molecule has 0 heterocycles. The van der Waals surface area contributed by atoms with Gasteiger partial charge in [0.1, 0.15) is 0 Å². The Labute approximate surface area is 78.3 Å². The van der Waals surface area contributed by atoms with Crippen molar-refractivity contribution in [3.63, 3.8) is 0 Å². The van der Waals surface area contributed by atoms with Crippen molar-refractivity contribution in [3.8, 4) is 0 Å². The predicted molar refractivity (Wildman–Crippen MR) is 48.3 cm³/mol. The first-order valence-corrected chi connectivity index (χ1v) is 5.36. The Morgan fingerprint density at radius 2 is 1.77 bits per heavy atom. The van der Waals surface area contributed by atoms with Crippen LogP contribution >= 0.6 is 0 Å². The molecule has 0 amide bonds. The van der Waals surface area contributed by atoms with Crippen LogP contribution < -0.4 is 0 Å². The van der Waals surface area contributed by atoms with Gasteiger partial charge in [0.15, 0.2) is 0 Å². The average molecular weight is 180 g/mol. The number of hydrogen-bond donors (Lipinski definition) is 1. The average Bonchev–Trinajstić information content (AvgIpc) is 1.76.